The van der Waals surface area contributed by atoms with Crippen LogP contribution in [0, 0.1) is 0 Å². The predicted octanol–water partition coefficient (Wildman–Crippen LogP) is 4.77. The third kappa shape index (κ3) is 4.16. The van der Waals surface area contributed by atoms with Crippen LogP contribution >= 0.6 is 11.8 Å². The van der Waals surface area contributed by atoms with E-state index < -0.39 is 23.0 Å². The van der Waals surface area contributed by atoms with E-state index in [0.29, 0.717) is 17.3 Å². The Bertz CT molecular complexity index is 683. The van der Waals surface area contributed by atoms with Crippen molar-refractivity contribution < 1.29 is 22.7 Å². The quantitative estimate of drug-likeness (QED) is 0.808. The number of carbonyl (C=O) groups excluding carboxylic acids is 1. The minimum absolute atomic E-state index is 0.314. The number of carbonyl (C=O) groups is 1. The van der Waals surface area contributed by atoms with E-state index in [2.05, 4.69) is 0 Å². The molecule has 0 aromatic heterocycles. The number of rotatable bonds is 4. The fourth-order valence-corrected chi connectivity index (χ4v) is 2.74. The van der Waals surface area contributed by atoms with Gasteiger partial charge in [-0.3, -0.25) is 4.79 Å². The SMILES string of the molecule is COc1ccc2cc([C@@H](C)C(=O)SCC(F)(F)F)ccc2c1. The highest BCUT2D eigenvalue weighted by atomic mass is 32.2. The Morgan fingerprint density at radius 2 is 1.82 bits per heavy atom. The highest BCUT2D eigenvalue weighted by Crippen LogP contribution is 2.30. The molecule has 118 valence electrons. The van der Waals surface area contributed by atoms with Crippen molar-refractivity contribution in [2.75, 3.05) is 12.9 Å². The van der Waals surface area contributed by atoms with Gasteiger partial charge in [0.25, 0.3) is 0 Å². The molecule has 0 saturated heterocycles. The summed E-state index contributed by atoms with van der Waals surface area (Å²) in [5.74, 6) is -1.01. The molecule has 0 unspecified atom stereocenters. The van der Waals surface area contributed by atoms with Gasteiger partial charge in [-0.2, -0.15) is 13.2 Å². The fraction of sp³-hybridized carbons (Fsp3) is 0.312. The van der Waals surface area contributed by atoms with Gasteiger partial charge in [-0.1, -0.05) is 43.0 Å². The van der Waals surface area contributed by atoms with Crippen LogP contribution in [0.4, 0.5) is 13.2 Å². The normalized spacial score (nSPS) is 13.1. The number of hydrogen-bond acceptors (Lipinski definition) is 3. The molecular weight excluding hydrogens is 313 g/mol. The maximum atomic E-state index is 12.2. The minimum Gasteiger partial charge on any atom is -0.497 e. The largest absolute Gasteiger partial charge is 0.497 e. The van der Waals surface area contributed by atoms with Crippen molar-refractivity contribution >= 4 is 27.6 Å². The number of halogens is 3. The molecular formula is C16H15F3O2S. The Morgan fingerprint density at radius 3 is 2.45 bits per heavy atom. The van der Waals surface area contributed by atoms with Crippen molar-refractivity contribution in [2.45, 2.75) is 19.0 Å². The van der Waals surface area contributed by atoms with Gasteiger partial charge in [0.05, 0.1) is 18.8 Å². The maximum absolute atomic E-state index is 12.2. The third-order valence-electron chi connectivity index (χ3n) is 3.30. The van der Waals surface area contributed by atoms with Crippen LogP contribution in [-0.2, 0) is 4.79 Å². The molecule has 6 heteroatoms. The van der Waals surface area contributed by atoms with Gasteiger partial charge < -0.3 is 4.74 Å². The molecule has 2 aromatic rings. The second-order valence-corrected chi connectivity index (χ2v) is 5.90. The number of thioether (sulfide) groups is 1. The molecule has 0 amide bonds. The number of fused-ring (bicyclic) bond motifs is 1. The van der Waals surface area contributed by atoms with E-state index >= 15 is 0 Å². The highest BCUT2D eigenvalue weighted by molar-refractivity contribution is 8.13. The van der Waals surface area contributed by atoms with Gasteiger partial charge in [0, 0.05) is 0 Å². The summed E-state index contributed by atoms with van der Waals surface area (Å²) in [5.41, 5.74) is 0.706. The average Bonchev–Trinajstić information content (AvgIpc) is 2.50. The van der Waals surface area contributed by atoms with Crippen molar-refractivity contribution in [2.24, 2.45) is 0 Å². The Labute approximate surface area is 130 Å². The van der Waals surface area contributed by atoms with E-state index in [1.807, 2.05) is 24.3 Å². The molecule has 2 rings (SSSR count). The lowest BCUT2D eigenvalue weighted by Crippen LogP contribution is -2.15. The lowest BCUT2D eigenvalue weighted by atomic mass is 9.99. The fourth-order valence-electron chi connectivity index (χ4n) is 2.05. The molecule has 0 fully saturated rings. The van der Waals surface area contributed by atoms with E-state index in [1.54, 1.807) is 26.2 Å². The monoisotopic (exact) mass is 328 g/mol. The molecule has 22 heavy (non-hydrogen) atoms. The van der Waals surface area contributed by atoms with Crippen LogP contribution in [0.15, 0.2) is 36.4 Å². The highest BCUT2D eigenvalue weighted by Gasteiger charge is 2.30. The molecule has 0 bridgehead atoms. The first-order chi connectivity index (χ1) is 10.3. The van der Waals surface area contributed by atoms with Gasteiger partial charge in [-0.25, -0.2) is 0 Å². The Morgan fingerprint density at radius 1 is 1.18 bits per heavy atom. The Kier molecular flexibility index (Phi) is 5.01. The summed E-state index contributed by atoms with van der Waals surface area (Å²) in [6, 6.07) is 11.0. The zero-order valence-electron chi connectivity index (χ0n) is 12.1. The smallest absolute Gasteiger partial charge is 0.398 e. The number of methoxy groups -OCH3 is 1. The van der Waals surface area contributed by atoms with E-state index in [9.17, 15) is 18.0 Å². The van der Waals surface area contributed by atoms with Crippen LogP contribution in [0.2, 0.25) is 0 Å². The third-order valence-corrected chi connectivity index (χ3v) is 4.41. The van der Waals surface area contributed by atoms with Crippen LogP contribution in [0.25, 0.3) is 10.8 Å². The molecule has 0 aliphatic carbocycles. The van der Waals surface area contributed by atoms with E-state index in [-0.39, 0.29) is 0 Å². The van der Waals surface area contributed by atoms with E-state index in [4.69, 9.17) is 4.74 Å². The van der Waals surface area contributed by atoms with Crippen LogP contribution < -0.4 is 4.74 Å². The Balaban J connectivity index is 2.17. The maximum Gasteiger partial charge on any atom is 0.398 e. The van der Waals surface area contributed by atoms with Crippen molar-refractivity contribution in [3.8, 4) is 5.75 Å². The molecule has 0 saturated carbocycles. The molecule has 2 aromatic carbocycles. The second kappa shape index (κ2) is 6.60. The zero-order valence-corrected chi connectivity index (χ0v) is 12.9. The van der Waals surface area contributed by atoms with Gasteiger partial charge in [-0.05, 0) is 28.5 Å². The predicted molar refractivity (Wildman–Crippen MR) is 82.4 cm³/mol. The summed E-state index contributed by atoms with van der Waals surface area (Å²) >= 11 is 0.314. The molecule has 2 nitrogen and oxygen atoms in total. The minimum atomic E-state index is -4.33. The molecule has 0 N–H and O–H groups in total. The second-order valence-electron chi connectivity index (χ2n) is 4.92. The van der Waals surface area contributed by atoms with Crippen molar-refractivity contribution in [3.63, 3.8) is 0 Å². The summed E-state index contributed by atoms with van der Waals surface area (Å²) in [5, 5.41) is 1.38. The van der Waals surface area contributed by atoms with Crippen LogP contribution in [0.5, 0.6) is 5.75 Å². The molecule has 0 heterocycles. The number of benzene rings is 2. The summed E-state index contributed by atoms with van der Waals surface area (Å²) in [6.07, 6.45) is -4.33. The first kappa shape index (κ1) is 16.7. The molecule has 0 aliphatic rings. The van der Waals surface area contributed by atoms with E-state index in [0.717, 1.165) is 16.5 Å². The first-order valence-corrected chi connectivity index (χ1v) is 7.60. The molecule has 0 radical (unpaired) electrons. The first-order valence-electron chi connectivity index (χ1n) is 6.61. The van der Waals surface area contributed by atoms with Crippen LogP contribution in [0.1, 0.15) is 18.4 Å². The van der Waals surface area contributed by atoms with Gasteiger partial charge in [0.15, 0.2) is 5.12 Å². The van der Waals surface area contributed by atoms with E-state index in [1.165, 1.54) is 0 Å². The van der Waals surface area contributed by atoms with Crippen LogP contribution in [0.3, 0.4) is 0 Å². The lowest BCUT2D eigenvalue weighted by Gasteiger charge is -2.12. The van der Waals surface area contributed by atoms with Crippen molar-refractivity contribution in [1.29, 1.82) is 0 Å². The summed E-state index contributed by atoms with van der Waals surface area (Å²) < 4.78 is 41.7. The molecule has 0 aliphatic heterocycles. The number of alkyl halides is 3. The molecule has 0 spiro atoms. The zero-order chi connectivity index (χ0) is 16.3. The lowest BCUT2D eigenvalue weighted by molar-refractivity contribution is -0.114. The number of hydrogen-bond donors (Lipinski definition) is 0. The van der Waals surface area contributed by atoms with Crippen molar-refractivity contribution in [3.05, 3.63) is 42.0 Å². The Hall–Kier alpha value is -1.69. The topological polar surface area (TPSA) is 26.3 Å². The van der Waals surface area contributed by atoms with Crippen LogP contribution in [-0.4, -0.2) is 24.2 Å². The standard InChI is InChI=1S/C16H15F3O2S/c1-10(15(20)22-9-16(17,18)19)11-3-4-13-8-14(21-2)6-5-12(13)7-11/h3-8,10H,9H2,1-2H3/t10-/m1/s1. The van der Waals surface area contributed by atoms with Gasteiger partial charge in [-0.15, -0.1) is 0 Å². The number of ether oxygens (including phenoxy) is 1. The van der Waals surface area contributed by atoms with Gasteiger partial charge >= 0.3 is 6.18 Å². The summed E-state index contributed by atoms with van der Waals surface area (Å²) in [6.45, 7) is 1.62. The average molecular weight is 328 g/mol. The van der Waals surface area contributed by atoms with Crippen molar-refractivity contribution in [1.82, 2.24) is 0 Å². The summed E-state index contributed by atoms with van der Waals surface area (Å²) in [7, 11) is 1.58. The van der Waals surface area contributed by atoms with Gasteiger partial charge in [0.1, 0.15) is 5.75 Å². The summed E-state index contributed by atoms with van der Waals surface area (Å²) in [4.78, 5) is 11.9. The molecule has 1 atom stereocenters. The van der Waals surface area contributed by atoms with Gasteiger partial charge in [0.2, 0.25) is 0 Å².